The molecule has 0 fully saturated rings. The van der Waals surface area contributed by atoms with Gasteiger partial charge in [-0.25, -0.2) is 9.97 Å². The van der Waals surface area contributed by atoms with Crippen molar-refractivity contribution >= 4 is 56.1 Å². The van der Waals surface area contributed by atoms with Crippen molar-refractivity contribution in [2.24, 2.45) is 0 Å². The summed E-state index contributed by atoms with van der Waals surface area (Å²) >= 11 is 15.5. The van der Waals surface area contributed by atoms with Crippen molar-refractivity contribution in [3.05, 3.63) is 33.5 Å². The van der Waals surface area contributed by atoms with Crippen LogP contribution in [0.4, 0.5) is 0 Å². The Balaban J connectivity index is 2.25. The predicted molar refractivity (Wildman–Crippen MR) is 75.5 cm³/mol. The second-order valence-corrected chi connectivity index (χ2v) is 6.22. The van der Waals surface area contributed by atoms with E-state index in [1.54, 1.807) is 22.7 Å². The van der Waals surface area contributed by atoms with E-state index in [1.807, 2.05) is 13.0 Å². The number of aryl methyl sites for hydroxylation is 1. The van der Waals surface area contributed by atoms with Gasteiger partial charge in [0, 0.05) is 4.88 Å². The highest BCUT2D eigenvalue weighted by Gasteiger charge is 2.13. The van der Waals surface area contributed by atoms with E-state index >= 15 is 0 Å². The Morgan fingerprint density at radius 3 is 2.71 bits per heavy atom. The molecule has 3 rings (SSSR count). The lowest BCUT2D eigenvalue weighted by atomic mass is 10.3. The lowest BCUT2D eigenvalue weighted by Gasteiger charge is -1.92. The minimum absolute atomic E-state index is 0.496. The molecule has 3 aromatic rings. The Labute approximate surface area is 116 Å². The van der Waals surface area contributed by atoms with Crippen LogP contribution in [0.3, 0.4) is 0 Å². The van der Waals surface area contributed by atoms with Gasteiger partial charge in [-0.05, 0) is 23.9 Å². The monoisotopic (exact) mass is 300 g/mol. The van der Waals surface area contributed by atoms with E-state index in [4.69, 9.17) is 23.2 Å². The number of fused-ring (bicyclic) bond motifs is 1. The number of hydrogen-bond acceptors (Lipinski definition) is 4. The fourth-order valence-electron chi connectivity index (χ4n) is 1.53. The van der Waals surface area contributed by atoms with E-state index < -0.39 is 0 Å². The molecule has 0 aliphatic heterocycles. The molecule has 0 saturated heterocycles. The minimum Gasteiger partial charge on any atom is -0.235 e. The SMILES string of the molecule is Cc1csc(-c2cc3ncnc(Cl)c3s2)c1Cl. The molecule has 0 radical (unpaired) electrons. The van der Waals surface area contributed by atoms with Crippen molar-refractivity contribution < 1.29 is 0 Å². The Kier molecular flexibility index (Phi) is 2.83. The first-order chi connectivity index (χ1) is 8.16. The van der Waals surface area contributed by atoms with Gasteiger partial charge in [0.2, 0.25) is 0 Å². The smallest absolute Gasteiger partial charge is 0.150 e. The van der Waals surface area contributed by atoms with Crippen LogP contribution in [0, 0.1) is 6.92 Å². The summed E-state index contributed by atoms with van der Waals surface area (Å²) in [5.74, 6) is 0. The molecular formula is C11H6Cl2N2S2. The minimum atomic E-state index is 0.496. The molecule has 3 aromatic heterocycles. The van der Waals surface area contributed by atoms with Crippen LogP contribution in [0.2, 0.25) is 10.2 Å². The number of aromatic nitrogens is 2. The Morgan fingerprint density at radius 1 is 1.24 bits per heavy atom. The molecule has 0 aromatic carbocycles. The van der Waals surface area contributed by atoms with Gasteiger partial charge < -0.3 is 0 Å². The highest BCUT2D eigenvalue weighted by Crippen LogP contribution is 2.42. The van der Waals surface area contributed by atoms with Crippen molar-refractivity contribution in [2.75, 3.05) is 0 Å². The molecule has 0 bridgehead atoms. The average molecular weight is 301 g/mol. The van der Waals surface area contributed by atoms with Crippen LogP contribution in [0.25, 0.3) is 20.0 Å². The van der Waals surface area contributed by atoms with Crippen LogP contribution in [0.1, 0.15) is 5.56 Å². The van der Waals surface area contributed by atoms with Crippen molar-refractivity contribution in [2.45, 2.75) is 6.92 Å². The number of hydrogen-bond donors (Lipinski definition) is 0. The molecule has 0 aliphatic carbocycles. The molecular weight excluding hydrogens is 295 g/mol. The summed E-state index contributed by atoms with van der Waals surface area (Å²) in [7, 11) is 0. The van der Waals surface area contributed by atoms with Crippen molar-refractivity contribution in [1.82, 2.24) is 9.97 Å². The molecule has 0 aliphatic rings. The average Bonchev–Trinajstić information content (AvgIpc) is 2.85. The van der Waals surface area contributed by atoms with Gasteiger partial charge in [-0.2, -0.15) is 0 Å². The van der Waals surface area contributed by atoms with Crippen molar-refractivity contribution in [3.63, 3.8) is 0 Å². The lowest BCUT2D eigenvalue weighted by Crippen LogP contribution is -1.76. The quantitative estimate of drug-likeness (QED) is 0.589. The number of halogens is 2. The molecule has 0 N–H and O–H groups in total. The van der Waals surface area contributed by atoms with Crippen LogP contribution >= 0.6 is 45.9 Å². The number of rotatable bonds is 1. The summed E-state index contributed by atoms with van der Waals surface area (Å²) in [4.78, 5) is 10.3. The molecule has 6 heteroatoms. The van der Waals surface area contributed by atoms with Crippen LogP contribution in [-0.2, 0) is 0 Å². The third-order valence-electron chi connectivity index (χ3n) is 2.39. The summed E-state index contributed by atoms with van der Waals surface area (Å²) in [6.45, 7) is 2.00. The fraction of sp³-hybridized carbons (Fsp3) is 0.0909. The van der Waals surface area contributed by atoms with Gasteiger partial charge in [0.25, 0.3) is 0 Å². The van der Waals surface area contributed by atoms with Crippen LogP contribution in [-0.4, -0.2) is 9.97 Å². The largest absolute Gasteiger partial charge is 0.235 e. The van der Waals surface area contributed by atoms with E-state index in [2.05, 4.69) is 15.3 Å². The van der Waals surface area contributed by atoms with Gasteiger partial charge >= 0.3 is 0 Å². The first-order valence-corrected chi connectivity index (χ1v) is 7.26. The molecule has 2 nitrogen and oxygen atoms in total. The standard InChI is InChI=1S/C11H6Cl2N2S2/c1-5-3-16-10(8(5)12)7-2-6-9(17-7)11(13)15-4-14-6/h2-4H,1H3. The summed E-state index contributed by atoms with van der Waals surface area (Å²) in [5.41, 5.74) is 1.97. The second kappa shape index (κ2) is 4.21. The van der Waals surface area contributed by atoms with Crippen LogP contribution in [0.5, 0.6) is 0 Å². The van der Waals surface area contributed by atoms with E-state index in [9.17, 15) is 0 Å². The van der Waals surface area contributed by atoms with Gasteiger partial charge in [-0.15, -0.1) is 22.7 Å². The molecule has 17 heavy (non-hydrogen) atoms. The zero-order valence-corrected chi connectivity index (χ0v) is 11.8. The van der Waals surface area contributed by atoms with Gasteiger partial charge in [-0.3, -0.25) is 0 Å². The van der Waals surface area contributed by atoms with E-state index in [1.165, 1.54) is 6.33 Å². The normalized spacial score (nSPS) is 11.2. The summed E-state index contributed by atoms with van der Waals surface area (Å²) in [6.07, 6.45) is 1.47. The molecule has 0 spiro atoms. The molecule has 0 saturated carbocycles. The Morgan fingerprint density at radius 2 is 2.06 bits per heavy atom. The maximum absolute atomic E-state index is 6.26. The first kappa shape index (κ1) is 11.4. The topological polar surface area (TPSA) is 25.8 Å². The summed E-state index contributed by atoms with van der Waals surface area (Å²) < 4.78 is 0.909. The van der Waals surface area contributed by atoms with Gasteiger partial charge in [0.15, 0.2) is 0 Å². The lowest BCUT2D eigenvalue weighted by molar-refractivity contribution is 1.23. The van der Waals surface area contributed by atoms with Crippen molar-refractivity contribution in [1.29, 1.82) is 0 Å². The van der Waals surface area contributed by atoms with Crippen molar-refractivity contribution in [3.8, 4) is 9.75 Å². The number of nitrogens with zero attached hydrogens (tertiary/aromatic N) is 2. The molecule has 0 atom stereocenters. The van der Waals surface area contributed by atoms with Gasteiger partial charge in [-0.1, -0.05) is 23.2 Å². The molecule has 0 unspecified atom stereocenters. The maximum atomic E-state index is 6.26. The third kappa shape index (κ3) is 1.85. The first-order valence-electron chi connectivity index (χ1n) is 4.81. The van der Waals surface area contributed by atoms with E-state index in [0.717, 1.165) is 30.6 Å². The zero-order valence-electron chi connectivity index (χ0n) is 8.70. The van der Waals surface area contributed by atoms with Gasteiger partial charge in [0.05, 0.1) is 20.1 Å². The highest BCUT2D eigenvalue weighted by atomic mass is 35.5. The fourth-order valence-corrected chi connectivity index (χ4v) is 4.26. The second-order valence-electron chi connectivity index (χ2n) is 3.55. The Hall–Kier alpha value is -0.680. The third-order valence-corrected chi connectivity index (χ3v) is 5.80. The predicted octanol–water partition coefficient (Wildman–Crippen LogP) is 5.04. The van der Waals surface area contributed by atoms with Crippen LogP contribution < -0.4 is 0 Å². The highest BCUT2D eigenvalue weighted by molar-refractivity contribution is 7.26. The maximum Gasteiger partial charge on any atom is 0.150 e. The molecule has 86 valence electrons. The summed E-state index contributed by atoms with van der Waals surface area (Å²) in [5, 5.41) is 3.36. The Bertz CT molecular complexity index is 703. The van der Waals surface area contributed by atoms with Crippen LogP contribution in [0.15, 0.2) is 17.8 Å². The van der Waals surface area contributed by atoms with Gasteiger partial charge in [0.1, 0.15) is 11.5 Å². The summed E-state index contributed by atoms with van der Waals surface area (Å²) in [6, 6.07) is 2.00. The number of thiophene rings is 2. The molecule has 0 amide bonds. The van der Waals surface area contributed by atoms with E-state index in [-0.39, 0.29) is 0 Å². The zero-order chi connectivity index (χ0) is 12.0. The van der Waals surface area contributed by atoms with E-state index in [0.29, 0.717) is 5.15 Å². The molecule has 3 heterocycles.